The second kappa shape index (κ2) is 5.82. The average molecular weight is 246 g/mol. The lowest BCUT2D eigenvalue weighted by Gasteiger charge is -2.10. The second-order valence-corrected chi connectivity index (χ2v) is 4.21. The highest BCUT2D eigenvalue weighted by Gasteiger charge is 2.02. The van der Waals surface area contributed by atoms with Gasteiger partial charge in [0.25, 0.3) is 0 Å². The first-order valence-electron chi connectivity index (χ1n) is 4.30. The summed E-state index contributed by atoms with van der Waals surface area (Å²) >= 11 is 7.01. The van der Waals surface area contributed by atoms with Crippen LogP contribution in [0.5, 0.6) is 0 Å². The second-order valence-electron chi connectivity index (χ2n) is 3.04. The Morgan fingerprint density at radius 2 is 2.33 bits per heavy atom. The summed E-state index contributed by atoms with van der Waals surface area (Å²) in [4.78, 5) is 16.7. The molecule has 0 unspecified atom stereocenters. The van der Waals surface area contributed by atoms with Crippen LogP contribution in [0.15, 0.2) is 18.2 Å². The molecule has 0 saturated carbocycles. The Hall–Kier alpha value is -0.940. The number of rotatable bonds is 3. The van der Waals surface area contributed by atoms with Gasteiger partial charge in [-0.25, -0.2) is 9.78 Å². The van der Waals surface area contributed by atoms with Crippen LogP contribution in [0, 0.1) is 0 Å². The standard InChI is InChI=1S/C9H12ClN3OS/c1-13(2)9(14)12-15-6-7-4-3-5-8(10)11-7/h3-5H,6H2,1-2H3,(H,12,14). The molecule has 4 nitrogen and oxygen atoms in total. The van der Waals surface area contributed by atoms with E-state index in [1.165, 1.54) is 16.8 Å². The van der Waals surface area contributed by atoms with Gasteiger partial charge in [0.15, 0.2) is 0 Å². The lowest BCUT2D eigenvalue weighted by Crippen LogP contribution is -2.30. The summed E-state index contributed by atoms with van der Waals surface area (Å²) in [5.41, 5.74) is 0.839. The molecule has 1 rings (SSSR count). The van der Waals surface area contributed by atoms with Gasteiger partial charge in [0.05, 0.1) is 11.4 Å². The molecule has 1 N–H and O–H groups in total. The zero-order chi connectivity index (χ0) is 11.3. The number of carbonyl (C=O) groups is 1. The minimum Gasteiger partial charge on any atom is -0.330 e. The Morgan fingerprint density at radius 3 is 2.93 bits per heavy atom. The third kappa shape index (κ3) is 4.40. The first-order valence-corrected chi connectivity index (χ1v) is 5.66. The Bertz CT molecular complexity index is 346. The van der Waals surface area contributed by atoms with Crippen molar-refractivity contribution in [1.82, 2.24) is 14.6 Å². The van der Waals surface area contributed by atoms with Gasteiger partial charge < -0.3 is 4.90 Å². The molecule has 0 fully saturated rings. The summed E-state index contributed by atoms with van der Waals surface area (Å²) in [5.74, 6) is 0.597. The fourth-order valence-electron chi connectivity index (χ4n) is 0.794. The highest BCUT2D eigenvalue weighted by atomic mass is 35.5. The minimum atomic E-state index is -0.137. The van der Waals surface area contributed by atoms with E-state index < -0.39 is 0 Å². The topological polar surface area (TPSA) is 45.2 Å². The molecule has 15 heavy (non-hydrogen) atoms. The molecule has 0 atom stereocenters. The number of hydrogen-bond acceptors (Lipinski definition) is 3. The predicted octanol–water partition coefficient (Wildman–Crippen LogP) is 2.15. The van der Waals surface area contributed by atoms with E-state index in [0.29, 0.717) is 10.9 Å². The van der Waals surface area contributed by atoms with Gasteiger partial charge in [0, 0.05) is 14.1 Å². The third-order valence-corrected chi connectivity index (χ3v) is 2.53. The van der Waals surface area contributed by atoms with E-state index in [2.05, 4.69) is 9.71 Å². The lowest BCUT2D eigenvalue weighted by molar-refractivity contribution is 0.224. The number of carbonyl (C=O) groups excluding carboxylic acids is 1. The van der Waals surface area contributed by atoms with Crippen LogP contribution in [0.4, 0.5) is 4.79 Å². The van der Waals surface area contributed by atoms with Crippen molar-refractivity contribution in [3.63, 3.8) is 0 Å². The molecule has 0 aromatic carbocycles. The number of amides is 2. The maximum atomic E-state index is 11.1. The first-order chi connectivity index (χ1) is 7.09. The number of urea groups is 1. The smallest absolute Gasteiger partial charge is 0.326 e. The fraction of sp³-hybridized carbons (Fsp3) is 0.333. The number of hydrogen-bond donors (Lipinski definition) is 1. The van der Waals surface area contributed by atoms with Crippen LogP contribution in [0.25, 0.3) is 0 Å². The van der Waals surface area contributed by atoms with Crippen molar-refractivity contribution in [3.05, 3.63) is 29.0 Å². The van der Waals surface area contributed by atoms with Gasteiger partial charge in [0.2, 0.25) is 0 Å². The Labute approximate surface area is 98.1 Å². The maximum absolute atomic E-state index is 11.1. The first kappa shape index (κ1) is 12.1. The molecule has 1 aromatic rings. The zero-order valence-corrected chi connectivity index (χ0v) is 10.1. The molecule has 6 heteroatoms. The molecular weight excluding hydrogens is 234 g/mol. The molecule has 0 radical (unpaired) electrons. The van der Waals surface area contributed by atoms with E-state index in [-0.39, 0.29) is 6.03 Å². The van der Waals surface area contributed by atoms with Crippen LogP contribution >= 0.6 is 23.5 Å². The molecule has 0 bridgehead atoms. The van der Waals surface area contributed by atoms with E-state index in [1.807, 2.05) is 12.1 Å². The van der Waals surface area contributed by atoms with Gasteiger partial charge in [-0.3, -0.25) is 4.72 Å². The number of nitrogens with zero attached hydrogens (tertiary/aromatic N) is 2. The molecule has 0 aliphatic carbocycles. The Balaban J connectivity index is 2.35. The van der Waals surface area contributed by atoms with Crippen LogP contribution in [0.2, 0.25) is 5.15 Å². The molecule has 0 spiro atoms. The van der Waals surface area contributed by atoms with Crippen molar-refractivity contribution >= 4 is 29.6 Å². The summed E-state index contributed by atoms with van der Waals surface area (Å²) in [6.45, 7) is 0. The SMILES string of the molecule is CN(C)C(=O)NSCc1cccc(Cl)n1. The molecule has 0 aliphatic rings. The molecule has 0 aliphatic heterocycles. The van der Waals surface area contributed by atoms with Crippen molar-refractivity contribution < 1.29 is 4.79 Å². The van der Waals surface area contributed by atoms with Crippen LogP contribution < -0.4 is 4.72 Å². The van der Waals surface area contributed by atoms with Crippen molar-refractivity contribution in [1.29, 1.82) is 0 Å². The Morgan fingerprint density at radius 1 is 1.60 bits per heavy atom. The van der Waals surface area contributed by atoms with Crippen molar-refractivity contribution in [2.24, 2.45) is 0 Å². The van der Waals surface area contributed by atoms with Crippen LogP contribution in [0.1, 0.15) is 5.69 Å². The number of nitrogens with one attached hydrogen (secondary N) is 1. The van der Waals surface area contributed by atoms with Crippen molar-refractivity contribution in [2.45, 2.75) is 5.75 Å². The van der Waals surface area contributed by atoms with E-state index in [1.54, 1.807) is 20.2 Å². The minimum absolute atomic E-state index is 0.137. The lowest BCUT2D eigenvalue weighted by atomic mass is 10.4. The van der Waals surface area contributed by atoms with Gasteiger partial charge >= 0.3 is 6.03 Å². The van der Waals surface area contributed by atoms with Gasteiger partial charge in [-0.05, 0) is 24.1 Å². The maximum Gasteiger partial charge on any atom is 0.326 e. The summed E-state index contributed by atoms with van der Waals surface area (Å²) in [6, 6.07) is 5.27. The van der Waals surface area contributed by atoms with Gasteiger partial charge in [0.1, 0.15) is 5.15 Å². The highest BCUT2D eigenvalue weighted by molar-refractivity contribution is 7.97. The quantitative estimate of drug-likeness (QED) is 0.656. The number of pyridine rings is 1. The molecular formula is C9H12ClN3OS. The summed E-state index contributed by atoms with van der Waals surface area (Å²) < 4.78 is 2.67. The normalized spacial score (nSPS) is 9.80. The molecule has 2 amide bonds. The Kier molecular flexibility index (Phi) is 4.71. The molecule has 1 heterocycles. The predicted molar refractivity (Wildman–Crippen MR) is 62.8 cm³/mol. The largest absolute Gasteiger partial charge is 0.330 e. The van der Waals surface area contributed by atoms with E-state index in [9.17, 15) is 4.79 Å². The van der Waals surface area contributed by atoms with Crippen LogP contribution in [-0.2, 0) is 5.75 Å². The van der Waals surface area contributed by atoms with Crippen LogP contribution in [0.3, 0.4) is 0 Å². The molecule has 0 saturated heterocycles. The van der Waals surface area contributed by atoms with Crippen LogP contribution in [-0.4, -0.2) is 30.0 Å². The zero-order valence-electron chi connectivity index (χ0n) is 8.53. The highest BCUT2D eigenvalue weighted by Crippen LogP contribution is 2.10. The van der Waals surface area contributed by atoms with Crippen molar-refractivity contribution in [2.75, 3.05) is 14.1 Å². The molecule has 82 valence electrons. The average Bonchev–Trinajstić information content (AvgIpc) is 2.17. The number of halogens is 1. The van der Waals surface area contributed by atoms with Crippen molar-refractivity contribution in [3.8, 4) is 0 Å². The monoisotopic (exact) mass is 245 g/mol. The van der Waals surface area contributed by atoms with Gasteiger partial charge in [-0.1, -0.05) is 17.7 Å². The van der Waals surface area contributed by atoms with E-state index >= 15 is 0 Å². The fourth-order valence-corrected chi connectivity index (χ4v) is 1.66. The van der Waals surface area contributed by atoms with E-state index in [0.717, 1.165) is 5.69 Å². The molecule has 1 aromatic heterocycles. The third-order valence-electron chi connectivity index (χ3n) is 1.56. The summed E-state index contributed by atoms with van der Waals surface area (Å²) in [5, 5.41) is 0.465. The van der Waals surface area contributed by atoms with Gasteiger partial charge in [-0.2, -0.15) is 0 Å². The number of aromatic nitrogens is 1. The summed E-state index contributed by atoms with van der Waals surface area (Å²) in [7, 11) is 3.38. The van der Waals surface area contributed by atoms with E-state index in [4.69, 9.17) is 11.6 Å². The summed E-state index contributed by atoms with van der Waals surface area (Å²) in [6.07, 6.45) is 0. The van der Waals surface area contributed by atoms with Gasteiger partial charge in [-0.15, -0.1) is 0 Å².